The molecule has 4 saturated carbocycles. The van der Waals surface area contributed by atoms with Crippen molar-refractivity contribution < 1.29 is 32.6 Å². The molecule has 1 aliphatic heterocycles. The van der Waals surface area contributed by atoms with Crippen LogP contribution in [0.1, 0.15) is 53.4 Å². The Morgan fingerprint density at radius 3 is 2.43 bits per heavy atom. The molecule has 0 aromatic carbocycles. The van der Waals surface area contributed by atoms with Gasteiger partial charge in [0.2, 0.25) is 0 Å². The van der Waals surface area contributed by atoms with Crippen molar-refractivity contribution in [1.29, 1.82) is 0 Å². The maximum absolute atomic E-state index is 15.1. The quantitative estimate of drug-likeness (QED) is 0.635. The van der Waals surface area contributed by atoms with Crippen molar-refractivity contribution in [3.8, 4) is 0 Å². The molecule has 4 fully saturated rings. The zero-order valence-corrected chi connectivity index (χ0v) is 17.8. The molecule has 0 amide bonds. The zero-order chi connectivity index (χ0) is 21.9. The highest BCUT2D eigenvalue weighted by Gasteiger charge is 2.82. The van der Waals surface area contributed by atoms with Gasteiger partial charge in [0.25, 0.3) is 5.92 Å². The van der Waals surface area contributed by atoms with E-state index in [2.05, 4.69) is 0 Å². The van der Waals surface area contributed by atoms with E-state index in [1.807, 2.05) is 13.8 Å². The molecule has 4 aliphatic carbocycles. The minimum absolute atomic E-state index is 0.0513. The van der Waals surface area contributed by atoms with Crippen LogP contribution < -0.4 is 0 Å². The topological polar surface area (TPSA) is 69.7 Å². The number of halogens is 2. The van der Waals surface area contributed by atoms with Crippen molar-refractivity contribution in [2.75, 3.05) is 6.61 Å². The zero-order valence-electron chi connectivity index (χ0n) is 17.8. The number of alkyl halides is 2. The number of cyclic esters (lactones) is 1. The lowest BCUT2D eigenvalue weighted by Gasteiger charge is -2.58. The Morgan fingerprint density at radius 1 is 1.13 bits per heavy atom. The Hall–Kier alpha value is -1.79. The number of ketones is 1. The van der Waals surface area contributed by atoms with E-state index in [1.54, 1.807) is 0 Å². The van der Waals surface area contributed by atoms with Crippen LogP contribution in [0.3, 0.4) is 0 Å². The molecule has 30 heavy (non-hydrogen) atoms. The molecule has 8 atom stereocenters. The molecule has 0 unspecified atom stereocenters. The summed E-state index contributed by atoms with van der Waals surface area (Å²) < 4.78 is 41.3. The van der Waals surface area contributed by atoms with Crippen molar-refractivity contribution >= 4 is 17.7 Å². The van der Waals surface area contributed by atoms with Gasteiger partial charge in [-0.1, -0.05) is 13.8 Å². The number of fused-ring (bicyclic) bond motifs is 8. The van der Waals surface area contributed by atoms with Crippen LogP contribution >= 0.6 is 0 Å². The summed E-state index contributed by atoms with van der Waals surface area (Å²) in [6.07, 6.45) is 3.52. The van der Waals surface area contributed by atoms with E-state index in [0.717, 1.165) is 0 Å². The van der Waals surface area contributed by atoms with E-state index in [4.69, 9.17) is 9.47 Å². The van der Waals surface area contributed by atoms with Gasteiger partial charge in [0.05, 0.1) is 5.92 Å². The van der Waals surface area contributed by atoms with Gasteiger partial charge in [0.15, 0.2) is 11.4 Å². The lowest BCUT2D eigenvalue weighted by atomic mass is 9.47. The second-order valence-corrected chi connectivity index (χ2v) is 10.6. The van der Waals surface area contributed by atoms with Gasteiger partial charge in [-0.2, -0.15) is 0 Å². The van der Waals surface area contributed by atoms with E-state index in [0.29, 0.717) is 31.3 Å². The molecule has 0 N–H and O–H groups in total. The summed E-state index contributed by atoms with van der Waals surface area (Å²) in [6.45, 7) is 6.78. The van der Waals surface area contributed by atoms with Crippen molar-refractivity contribution in [1.82, 2.24) is 0 Å². The molecule has 0 spiro atoms. The number of ether oxygens (including phenoxy) is 2. The van der Waals surface area contributed by atoms with Gasteiger partial charge >= 0.3 is 11.9 Å². The lowest BCUT2D eigenvalue weighted by Crippen LogP contribution is -2.59. The van der Waals surface area contributed by atoms with Gasteiger partial charge in [-0.15, -0.1) is 0 Å². The molecule has 0 saturated heterocycles. The summed E-state index contributed by atoms with van der Waals surface area (Å²) in [4.78, 5) is 36.5. The summed E-state index contributed by atoms with van der Waals surface area (Å²) in [7, 11) is 0. The summed E-state index contributed by atoms with van der Waals surface area (Å²) in [5.74, 6) is -6.34. The Balaban J connectivity index is 1.61. The summed E-state index contributed by atoms with van der Waals surface area (Å²) in [5, 5.41) is 0. The summed E-state index contributed by atoms with van der Waals surface area (Å²) in [5.41, 5.74) is -1.97. The molecule has 5 aliphatic rings. The first kappa shape index (κ1) is 20.1. The summed E-state index contributed by atoms with van der Waals surface area (Å²) in [6, 6.07) is 0. The second kappa shape index (κ2) is 5.71. The molecule has 164 valence electrons. The molecule has 5 nitrogen and oxygen atoms in total. The normalized spacial score (nSPS) is 50.1. The average molecular weight is 422 g/mol. The number of hydrogen-bond donors (Lipinski definition) is 0. The number of esters is 2. The highest BCUT2D eigenvalue weighted by Crippen LogP contribution is 2.78. The fraction of sp³-hybridized carbons (Fsp3) is 0.783. The van der Waals surface area contributed by atoms with Crippen LogP contribution in [-0.2, 0) is 23.9 Å². The van der Waals surface area contributed by atoms with Gasteiger partial charge in [0.1, 0.15) is 6.61 Å². The van der Waals surface area contributed by atoms with Crippen LogP contribution in [0.15, 0.2) is 11.6 Å². The number of hydrogen-bond acceptors (Lipinski definition) is 5. The smallest absolute Gasteiger partial charge is 0.330 e. The largest absolute Gasteiger partial charge is 0.462 e. The van der Waals surface area contributed by atoms with E-state index < -0.39 is 46.1 Å². The molecule has 1 heterocycles. The number of Topliss-reactive ketones (excluding diaryl/α,β-unsaturated/α-hetero) is 1. The Morgan fingerprint density at radius 2 is 1.80 bits per heavy atom. The van der Waals surface area contributed by atoms with Gasteiger partial charge in [0, 0.05) is 29.7 Å². The second-order valence-electron chi connectivity index (χ2n) is 10.6. The van der Waals surface area contributed by atoms with E-state index in [1.165, 1.54) is 19.9 Å². The highest BCUT2D eigenvalue weighted by atomic mass is 19.3. The van der Waals surface area contributed by atoms with E-state index >= 15 is 8.78 Å². The number of rotatable bonds is 2. The first-order valence-electron chi connectivity index (χ1n) is 10.9. The highest BCUT2D eigenvalue weighted by molar-refractivity contribution is 5.89. The van der Waals surface area contributed by atoms with Crippen molar-refractivity contribution in [3.63, 3.8) is 0 Å². The van der Waals surface area contributed by atoms with Crippen LogP contribution in [0.25, 0.3) is 0 Å². The van der Waals surface area contributed by atoms with Crippen molar-refractivity contribution in [3.05, 3.63) is 11.6 Å². The molecule has 0 bridgehead atoms. The van der Waals surface area contributed by atoms with Gasteiger partial charge in [-0.25, -0.2) is 13.6 Å². The summed E-state index contributed by atoms with van der Waals surface area (Å²) >= 11 is 0. The fourth-order valence-electron chi connectivity index (χ4n) is 8.14. The van der Waals surface area contributed by atoms with Gasteiger partial charge in [-0.05, 0) is 55.9 Å². The Labute approximate surface area is 174 Å². The van der Waals surface area contributed by atoms with E-state index in [-0.39, 0.29) is 30.1 Å². The predicted octanol–water partition coefficient (Wildman–Crippen LogP) is 3.70. The minimum Gasteiger partial charge on any atom is -0.462 e. The van der Waals surface area contributed by atoms with Crippen LogP contribution in [0.4, 0.5) is 8.78 Å². The monoisotopic (exact) mass is 422 g/mol. The van der Waals surface area contributed by atoms with Gasteiger partial charge < -0.3 is 9.47 Å². The standard InChI is InChI=1S/C23H28F2O5/c1-11(26)22(30-12(2)27)8-6-14-17-13(5-7-21(14,22)4)20(3)10-29-16(28)9-15(20)18-19(17)23(18,24)25/h9,13-14,17-19H,5-8,10H2,1-4H3/t13-,14-,17+,18+,19-,20+,21-,22-/m0/s1. The third kappa shape index (κ3) is 2.14. The lowest BCUT2D eigenvalue weighted by molar-refractivity contribution is -0.189. The van der Waals surface area contributed by atoms with E-state index in [9.17, 15) is 14.4 Å². The number of carbonyl (C=O) groups is 3. The van der Waals surface area contributed by atoms with Crippen LogP contribution in [-0.4, -0.2) is 35.9 Å². The molecule has 0 aromatic heterocycles. The average Bonchev–Trinajstić information content (AvgIpc) is 3.07. The fourth-order valence-corrected chi connectivity index (χ4v) is 8.14. The number of carbonyl (C=O) groups excluding carboxylic acids is 3. The molecule has 0 radical (unpaired) electrons. The van der Waals surface area contributed by atoms with Crippen LogP contribution in [0.5, 0.6) is 0 Å². The van der Waals surface area contributed by atoms with Crippen molar-refractivity contribution in [2.45, 2.75) is 64.9 Å². The molecular formula is C23H28F2O5. The maximum atomic E-state index is 15.1. The van der Waals surface area contributed by atoms with Crippen molar-refractivity contribution in [2.24, 2.45) is 40.4 Å². The third-order valence-corrected chi connectivity index (χ3v) is 9.46. The molecular weight excluding hydrogens is 394 g/mol. The molecule has 0 aromatic rings. The van der Waals surface area contributed by atoms with Crippen LogP contribution in [0, 0.1) is 40.4 Å². The van der Waals surface area contributed by atoms with Crippen LogP contribution in [0.2, 0.25) is 0 Å². The first-order valence-corrected chi connectivity index (χ1v) is 10.9. The molecule has 5 rings (SSSR count). The third-order valence-electron chi connectivity index (χ3n) is 9.46. The SMILES string of the molecule is CC(=O)O[C@]1(C(C)=O)CC[C@H]2[C@@H]3[C@H]4[C@@H](C5=CC(=O)OC[C@]5(C)[C@H]3CC[C@@]21C)C4(F)F. The maximum Gasteiger partial charge on any atom is 0.330 e. The predicted molar refractivity (Wildman–Crippen MR) is 101 cm³/mol. The van der Waals surface area contributed by atoms with Gasteiger partial charge in [-0.3, -0.25) is 9.59 Å². The first-order chi connectivity index (χ1) is 13.9. The Bertz CT molecular complexity index is 896. The Kier molecular flexibility index (Phi) is 3.83. The molecule has 7 heteroatoms. The minimum atomic E-state index is -2.86.